The molecule has 1 atom stereocenters. The molecule has 3 nitrogen and oxygen atoms in total. The van der Waals surface area contributed by atoms with Crippen LogP contribution in [-0.4, -0.2) is 37.1 Å². The van der Waals surface area contributed by atoms with Crippen molar-refractivity contribution in [1.82, 2.24) is 10.2 Å². The van der Waals surface area contributed by atoms with Crippen LogP contribution in [0.3, 0.4) is 0 Å². The summed E-state index contributed by atoms with van der Waals surface area (Å²) in [6.07, 6.45) is 8.77. The van der Waals surface area contributed by atoms with E-state index in [-0.39, 0.29) is 5.41 Å². The smallest absolute Gasteiger partial charge is 0.0683 e. The maximum atomic E-state index is 8.94. The van der Waals surface area contributed by atoms with Crippen molar-refractivity contribution in [2.24, 2.45) is 5.41 Å². The van der Waals surface area contributed by atoms with E-state index in [0.717, 1.165) is 32.0 Å². The molecule has 20 heavy (non-hydrogen) atoms. The Bertz CT molecular complexity index is 293. The highest BCUT2D eigenvalue weighted by molar-refractivity contribution is 4.91. The molecule has 1 heterocycles. The molecule has 1 N–H and O–H groups in total. The lowest BCUT2D eigenvalue weighted by Gasteiger charge is -2.33. The largest absolute Gasteiger partial charge is 0.317 e. The summed E-state index contributed by atoms with van der Waals surface area (Å²) in [5.74, 6) is 0. The molecule has 1 aliphatic rings. The zero-order valence-corrected chi connectivity index (χ0v) is 13.7. The second-order valence-electron chi connectivity index (χ2n) is 6.94. The maximum Gasteiger partial charge on any atom is 0.0683 e. The van der Waals surface area contributed by atoms with Gasteiger partial charge in [-0.05, 0) is 79.1 Å². The molecule has 3 heteroatoms. The van der Waals surface area contributed by atoms with Crippen LogP contribution in [0.1, 0.15) is 65.7 Å². The fraction of sp³-hybridized carbons (Fsp3) is 0.941. The molecule has 0 bridgehead atoms. The van der Waals surface area contributed by atoms with Crippen molar-refractivity contribution in [2.45, 2.75) is 71.8 Å². The zero-order valence-electron chi connectivity index (χ0n) is 13.7. The standard InChI is InChI=1S/C17H33N3/c1-16-9-4-7-13-20(16)14-8-12-19-11-6-5-10-17(2,3)15-18/h16,19H,4-14H2,1-3H3. The second-order valence-corrected chi connectivity index (χ2v) is 6.94. The first kappa shape index (κ1) is 17.5. The van der Waals surface area contributed by atoms with Crippen LogP contribution in [0.5, 0.6) is 0 Å². The zero-order chi connectivity index (χ0) is 14.8. The second kappa shape index (κ2) is 9.37. The Morgan fingerprint density at radius 3 is 2.65 bits per heavy atom. The van der Waals surface area contributed by atoms with Crippen molar-refractivity contribution in [3.05, 3.63) is 0 Å². The number of hydrogen-bond acceptors (Lipinski definition) is 3. The number of unbranched alkanes of at least 4 members (excludes halogenated alkanes) is 1. The fourth-order valence-electron chi connectivity index (χ4n) is 2.89. The third-order valence-electron chi connectivity index (χ3n) is 4.45. The van der Waals surface area contributed by atoms with Gasteiger partial charge < -0.3 is 10.2 Å². The molecule has 1 rings (SSSR count). The number of nitrogens with one attached hydrogen (secondary N) is 1. The Hall–Kier alpha value is -0.590. The molecule has 1 fully saturated rings. The third kappa shape index (κ3) is 7.26. The summed E-state index contributed by atoms with van der Waals surface area (Å²) < 4.78 is 0. The van der Waals surface area contributed by atoms with Crippen molar-refractivity contribution in [2.75, 3.05) is 26.2 Å². The highest BCUT2D eigenvalue weighted by Gasteiger charge is 2.17. The quantitative estimate of drug-likeness (QED) is 0.656. The van der Waals surface area contributed by atoms with Crippen LogP contribution in [0.15, 0.2) is 0 Å². The maximum absolute atomic E-state index is 8.94. The van der Waals surface area contributed by atoms with Crippen molar-refractivity contribution >= 4 is 0 Å². The first-order valence-electron chi connectivity index (χ1n) is 8.41. The molecule has 0 aromatic rings. The van der Waals surface area contributed by atoms with E-state index in [1.54, 1.807) is 0 Å². The summed E-state index contributed by atoms with van der Waals surface area (Å²) in [6, 6.07) is 3.16. The van der Waals surface area contributed by atoms with Crippen molar-refractivity contribution in [3.63, 3.8) is 0 Å². The van der Waals surface area contributed by atoms with E-state index in [0.29, 0.717) is 0 Å². The number of piperidine rings is 1. The number of rotatable bonds is 9. The van der Waals surface area contributed by atoms with Gasteiger partial charge in [0.15, 0.2) is 0 Å². The minimum Gasteiger partial charge on any atom is -0.317 e. The van der Waals surface area contributed by atoms with Gasteiger partial charge in [-0.3, -0.25) is 0 Å². The molecule has 116 valence electrons. The number of hydrogen-bond donors (Lipinski definition) is 1. The van der Waals surface area contributed by atoms with Gasteiger partial charge in [-0.25, -0.2) is 0 Å². The van der Waals surface area contributed by atoms with Gasteiger partial charge in [0.25, 0.3) is 0 Å². The van der Waals surface area contributed by atoms with Gasteiger partial charge in [-0.2, -0.15) is 5.26 Å². The van der Waals surface area contributed by atoms with Gasteiger partial charge in [0.1, 0.15) is 0 Å². The number of nitriles is 1. The summed E-state index contributed by atoms with van der Waals surface area (Å²) in [5, 5.41) is 12.5. The highest BCUT2D eigenvalue weighted by Crippen LogP contribution is 2.21. The summed E-state index contributed by atoms with van der Waals surface area (Å²) in [5.41, 5.74) is -0.148. The van der Waals surface area contributed by atoms with E-state index in [1.807, 2.05) is 13.8 Å². The fourth-order valence-corrected chi connectivity index (χ4v) is 2.89. The van der Waals surface area contributed by atoms with Crippen LogP contribution in [-0.2, 0) is 0 Å². The first-order chi connectivity index (χ1) is 9.55. The SMILES string of the molecule is CC1CCCCN1CCCNCCCCC(C)(C)C#N. The topological polar surface area (TPSA) is 39.1 Å². The van der Waals surface area contributed by atoms with Crippen LogP contribution < -0.4 is 5.32 Å². The highest BCUT2D eigenvalue weighted by atomic mass is 15.2. The van der Waals surface area contributed by atoms with E-state index in [4.69, 9.17) is 5.26 Å². The Labute approximate surface area is 125 Å². The minimum absolute atomic E-state index is 0.148. The van der Waals surface area contributed by atoms with Crippen molar-refractivity contribution < 1.29 is 0 Å². The Morgan fingerprint density at radius 1 is 1.20 bits per heavy atom. The van der Waals surface area contributed by atoms with Crippen molar-refractivity contribution in [1.29, 1.82) is 5.26 Å². The van der Waals surface area contributed by atoms with Crippen LogP contribution in [0.4, 0.5) is 0 Å². The molecule has 1 unspecified atom stereocenters. The van der Waals surface area contributed by atoms with Crippen LogP contribution >= 0.6 is 0 Å². The lowest BCUT2D eigenvalue weighted by molar-refractivity contribution is 0.159. The first-order valence-corrected chi connectivity index (χ1v) is 8.41. The van der Waals surface area contributed by atoms with E-state index < -0.39 is 0 Å². The molecule has 0 spiro atoms. The summed E-state index contributed by atoms with van der Waals surface area (Å²) in [6.45, 7) is 11.2. The predicted octanol–water partition coefficient (Wildman–Crippen LogP) is 3.56. The van der Waals surface area contributed by atoms with Gasteiger partial charge in [-0.1, -0.05) is 12.8 Å². The molecule has 1 aliphatic heterocycles. The summed E-state index contributed by atoms with van der Waals surface area (Å²) >= 11 is 0. The van der Waals surface area contributed by atoms with Crippen LogP contribution in [0.2, 0.25) is 0 Å². The summed E-state index contributed by atoms with van der Waals surface area (Å²) in [7, 11) is 0. The monoisotopic (exact) mass is 279 g/mol. The predicted molar refractivity (Wildman–Crippen MR) is 85.6 cm³/mol. The average molecular weight is 279 g/mol. The summed E-state index contributed by atoms with van der Waals surface area (Å²) in [4.78, 5) is 2.64. The lowest BCUT2D eigenvalue weighted by atomic mass is 9.89. The molecule has 0 aromatic heterocycles. The Kier molecular flexibility index (Phi) is 8.18. The van der Waals surface area contributed by atoms with E-state index in [9.17, 15) is 0 Å². The van der Waals surface area contributed by atoms with E-state index in [1.165, 1.54) is 45.2 Å². The Morgan fingerprint density at radius 2 is 1.95 bits per heavy atom. The molecule has 0 saturated carbocycles. The minimum atomic E-state index is -0.148. The molecular formula is C17H33N3. The number of nitrogens with zero attached hydrogens (tertiary/aromatic N) is 2. The molecule has 1 saturated heterocycles. The van der Waals surface area contributed by atoms with Gasteiger partial charge in [-0.15, -0.1) is 0 Å². The van der Waals surface area contributed by atoms with Gasteiger partial charge in [0.05, 0.1) is 11.5 Å². The lowest BCUT2D eigenvalue weighted by Crippen LogP contribution is -2.38. The molecule has 0 amide bonds. The molecular weight excluding hydrogens is 246 g/mol. The molecule has 0 aliphatic carbocycles. The van der Waals surface area contributed by atoms with Gasteiger partial charge in [0.2, 0.25) is 0 Å². The third-order valence-corrected chi connectivity index (χ3v) is 4.45. The molecule has 0 aromatic carbocycles. The van der Waals surface area contributed by atoms with E-state index >= 15 is 0 Å². The van der Waals surface area contributed by atoms with Crippen molar-refractivity contribution in [3.8, 4) is 6.07 Å². The normalized spacial score (nSPS) is 20.8. The number of likely N-dealkylation sites (tertiary alicyclic amines) is 1. The van der Waals surface area contributed by atoms with E-state index in [2.05, 4.69) is 23.2 Å². The Balaban J connectivity index is 1.91. The van der Waals surface area contributed by atoms with Crippen LogP contribution in [0.25, 0.3) is 0 Å². The molecule has 0 radical (unpaired) electrons. The van der Waals surface area contributed by atoms with Crippen LogP contribution in [0, 0.1) is 16.7 Å². The van der Waals surface area contributed by atoms with Gasteiger partial charge >= 0.3 is 0 Å². The van der Waals surface area contributed by atoms with Gasteiger partial charge in [0, 0.05) is 6.04 Å². The average Bonchev–Trinajstić information content (AvgIpc) is 2.43.